The molecule has 11 rings (SSSR count). The number of aromatic nitrogens is 3. The van der Waals surface area contributed by atoms with E-state index in [1.807, 2.05) is 30.6 Å². The van der Waals surface area contributed by atoms with Crippen molar-refractivity contribution in [2.24, 2.45) is 0 Å². The van der Waals surface area contributed by atoms with Crippen LogP contribution in [0, 0.1) is 0 Å². The van der Waals surface area contributed by atoms with Gasteiger partial charge in [0.05, 0.1) is 16.6 Å². The van der Waals surface area contributed by atoms with Gasteiger partial charge in [0.25, 0.3) is 0 Å². The van der Waals surface area contributed by atoms with Crippen LogP contribution in [-0.2, 0) is 0 Å². The average molecular weight is 676 g/mol. The monoisotopic (exact) mass is 675 g/mol. The Bertz CT molecular complexity index is 3210. The van der Waals surface area contributed by atoms with E-state index in [0.29, 0.717) is 0 Å². The van der Waals surface area contributed by atoms with Crippen molar-refractivity contribution in [3.05, 3.63) is 176 Å². The molecule has 0 bridgehead atoms. The van der Waals surface area contributed by atoms with Crippen molar-refractivity contribution in [3.8, 4) is 44.6 Å². The zero-order valence-electron chi connectivity index (χ0n) is 28.5. The number of furan rings is 1. The van der Waals surface area contributed by atoms with Crippen molar-refractivity contribution in [1.29, 1.82) is 0 Å². The minimum Gasteiger partial charge on any atom is -0.455 e. The van der Waals surface area contributed by atoms with Crippen LogP contribution < -0.4 is 0 Å². The van der Waals surface area contributed by atoms with E-state index in [2.05, 4.69) is 145 Å². The first-order chi connectivity index (χ1) is 26.3. The summed E-state index contributed by atoms with van der Waals surface area (Å²) in [5, 5.41) is 8.95. The number of pyridine rings is 3. The molecule has 0 amide bonds. The van der Waals surface area contributed by atoms with Gasteiger partial charge >= 0.3 is 0 Å². The molecule has 0 unspecified atom stereocenters. The van der Waals surface area contributed by atoms with Crippen LogP contribution in [0.15, 0.2) is 181 Å². The van der Waals surface area contributed by atoms with Crippen molar-refractivity contribution in [2.45, 2.75) is 0 Å². The number of nitrogens with zero attached hydrogens (tertiary/aromatic N) is 3. The lowest BCUT2D eigenvalue weighted by Gasteiger charge is -2.18. The molecule has 53 heavy (non-hydrogen) atoms. The molecule has 0 saturated carbocycles. The van der Waals surface area contributed by atoms with Gasteiger partial charge in [0.1, 0.15) is 16.7 Å². The van der Waals surface area contributed by atoms with E-state index in [-0.39, 0.29) is 0 Å². The average Bonchev–Trinajstić information content (AvgIpc) is 3.62. The first-order valence-corrected chi connectivity index (χ1v) is 17.8. The molecule has 4 aromatic heterocycles. The predicted octanol–water partition coefficient (Wildman–Crippen LogP) is 13.1. The number of para-hydroxylation sites is 1. The fourth-order valence-corrected chi connectivity index (χ4v) is 8.20. The normalized spacial score (nSPS) is 11.8. The molecule has 0 spiro atoms. The largest absolute Gasteiger partial charge is 0.455 e. The van der Waals surface area contributed by atoms with Gasteiger partial charge in [-0.3, -0.25) is 9.97 Å². The Balaban J connectivity index is 1.21. The standard InChI is InChI=1S/C49H29N3O/c1-3-12-30(13-4-1)44-36-18-7-8-19-37(36)45(31-14-5-2-6-15-31)41-26-32(21-22-38(41)44)34-27-42-48(51-29-34)46-40(47(52-42)33-16-11-25-50-28-33)24-23-39-35-17-9-10-20-43(35)53-49(39)46/h1-29H. The number of hydrogen-bond acceptors (Lipinski definition) is 4. The second kappa shape index (κ2) is 11.7. The van der Waals surface area contributed by atoms with Gasteiger partial charge in [-0.1, -0.05) is 121 Å². The molecule has 246 valence electrons. The van der Waals surface area contributed by atoms with Crippen molar-refractivity contribution in [2.75, 3.05) is 0 Å². The molecule has 0 aliphatic carbocycles. The van der Waals surface area contributed by atoms with Gasteiger partial charge in [0, 0.05) is 45.9 Å². The summed E-state index contributed by atoms with van der Waals surface area (Å²) in [7, 11) is 0. The SMILES string of the molecule is c1ccc(-c2c3ccccc3c(-c3ccccc3)c3cc(-c4cnc5c(c4)nc(-c4cccnc4)c4ccc6c7ccccc7oc6c45)ccc23)cc1. The van der Waals surface area contributed by atoms with Crippen molar-refractivity contribution < 1.29 is 4.42 Å². The molecular weight excluding hydrogens is 647 g/mol. The van der Waals surface area contributed by atoms with E-state index >= 15 is 0 Å². The van der Waals surface area contributed by atoms with Gasteiger partial charge in [-0.2, -0.15) is 0 Å². The predicted molar refractivity (Wildman–Crippen MR) is 219 cm³/mol. The summed E-state index contributed by atoms with van der Waals surface area (Å²) in [6.07, 6.45) is 5.65. The highest BCUT2D eigenvalue weighted by atomic mass is 16.3. The third kappa shape index (κ3) is 4.59. The van der Waals surface area contributed by atoms with Gasteiger partial charge in [0.2, 0.25) is 0 Å². The molecule has 4 heteroatoms. The smallest absolute Gasteiger partial charge is 0.145 e. The lowest BCUT2D eigenvalue weighted by molar-refractivity contribution is 0.673. The van der Waals surface area contributed by atoms with Gasteiger partial charge in [-0.15, -0.1) is 0 Å². The van der Waals surface area contributed by atoms with E-state index in [9.17, 15) is 0 Å². The zero-order chi connectivity index (χ0) is 34.9. The summed E-state index contributed by atoms with van der Waals surface area (Å²) in [5.74, 6) is 0. The first-order valence-electron chi connectivity index (χ1n) is 17.8. The third-order valence-corrected chi connectivity index (χ3v) is 10.6. The highest BCUT2D eigenvalue weighted by Crippen LogP contribution is 2.45. The minimum atomic E-state index is 0.800. The van der Waals surface area contributed by atoms with Gasteiger partial charge in [-0.25, -0.2) is 4.98 Å². The molecule has 0 fully saturated rings. The van der Waals surface area contributed by atoms with Crippen LogP contribution >= 0.6 is 0 Å². The van der Waals surface area contributed by atoms with E-state index in [1.165, 1.54) is 43.8 Å². The number of benzene rings is 7. The summed E-state index contributed by atoms with van der Waals surface area (Å²) in [5.41, 5.74) is 12.0. The Kier molecular flexibility index (Phi) is 6.52. The highest BCUT2D eigenvalue weighted by Gasteiger charge is 2.20. The van der Waals surface area contributed by atoms with E-state index in [4.69, 9.17) is 14.4 Å². The maximum absolute atomic E-state index is 6.58. The summed E-state index contributed by atoms with van der Waals surface area (Å²) in [6.45, 7) is 0. The van der Waals surface area contributed by atoms with E-state index in [1.54, 1.807) is 6.20 Å². The fraction of sp³-hybridized carbons (Fsp3) is 0. The molecule has 4 nitrogen and oxygen atoms in total. The summed E-state index contributed by atoms with van der Waals surface area (Å²) < 4.78 is 6.58. The van der Waals surface area contributed by atoms with Crippen molar-refractivity contribution >= 4 is 65.3 Å². The number of hydrogen-bond donors (Lipinski definition) is 0. The number of fused-ring (bicyclic) bond motifs is 9. The van der Waals surface area contributed by atoms with Crippen molar-refractivity contribution in [3.63, 3.8) is 0 Å². The van der Waals surface area contributed by atoms with E-state index in [0.717, 1.165) is 66.1 Å². The van der Waals surface area contributed by atoms with Crippen LogP contribution in [0.25, 0.3) is 110 Å². The first kappa shape index (κ1) is 29.5. The second-order valence-corrected chi connectivity index (χ2v) is 13.5. The van der Waals surface area contributed by atoms with Crippen LogP contribution in [0.1, 0.15) is 0 Å². The molecular formula is C49H29N3O. The molecule has 11 aromatic rings. The zero-order valence-corrected chi connectivity index (χ0v) is 28.5. The van der Waals surface area contributed by atoms with Crippen LogP contribution in [0.4, 0.5) is 0 Å². The quantitative estimate of drug-likeness (QED) is 0.138. The topological polar surface area (TPSA) is 51.8 Å². The molecule has 0 N–H and O–H groups in total. The highest BCUT2D eigenvalue weighted by molar-refractivity contribution is 6.24. The van der Waals surface area contributed by atoms with E-state index < -0.39 is 0 Å². The maximum Gasteiger partial charge on any atom is 0.145 e. The van der Waals surface area contributed by atoms with Crippen LogP contribution in [0.3, 0.4) is 0 Å². The van der Waals surface area contributed by atoms with Crippen LogP contribution in [0.2, 0.25) is 0 Å². The molecule has 4 heterocycles. The van der Waals surface area contributed by atoms with Crippen LogP contribution in [-0.4, -0.2) is 15.0 Å². The summed E-state index contributed by atoms with van der Waals surface area (Å²) >= 11 is 0. The molecule has 0 saturated heterocycles. The maximum atomic E-state index is 6.58. The Labute approximate surface area is 304 Å². The van der Waals surface area contributed by atoms with Gasteiger partial charge < -0.3 is 4.42 Å². The fourth-order valence-electron chi connectivity index (χ4n) is 8.20. The lowest BCUT2D eigenvalue weighted by atomic mass is 9.85. The molecule has 0 radical (unpaired) electrons. The second-order valence-electron chi connectivity index (χ2n) is 13.5. The Morgan fingerprint density at radius 2 is 1.04 bits per heavy atom. The van der Waals surface area contributed by atoms with Gasteiger partial charge in [-0.05, 0) is 85.8 Å². The van der Waals surface area contributed by atoms with Crippen LogP contribution in [0.5, 0.6) is 0 Å². The summed E-state index contributed by atoms with van der Waals surface area (Å²) in [4.78, 5) is 14.9. The minimum absolute atomic E-state index is 0.800. The molecule has 0 aliphatic rings. The van der Waals surface area contributed by atoms with Gasteiger partial charge in [0.15, 0.2) is 0 Å². The molecule has 0 aliphatic heterocycles. The Morgan fingerprint density at radius 3 is 1.77 bits per heavy atom. The Hall–Kier alpha value is -7.17. The van der Waals surface area contributed by atoms with Crippen molar-refractivity contribution in [1.82, 2.24) is 15.0 Å². The Morgan fingerprint density at radius 1 is 0.415 bits per heavy atom. The lowest BCUT2D eigenvalue weighted by Crippen LogP contribution is -1.94. The number of rotatable bonds is 4. The third-order valence-electron chi connectivity index (χ3n) is 10.6. The molecule has 0 atom stereocenters. The molecule has 7 aromatic carbocycles. The summed E-state index contributed by atoms with van der Waals surface area (Å²) in [6, 6.07) is 55.7.